The van der Waals surface area contributed by atoms with Crippen LogP contribution in [0.4, 0.5) is 0 Å². The molecule has 4 nitrogen and oxygen atoms in total. The smallest absolute Gasteiger partial charge is 0.193 e. The molecule has 0 unspecified atom stereocenters. The van der Waals surface area contributed by atoms with Gasteiger partial charge in [-0.05, 0) is 37.6 Å². The Hall–Kier alpha value is -1.26. The van der Waals surface area contributed by atoms with Crippen molar-refractivity contribution in [3.63, 3.8) is 0 Å². The average Bonchev–Trinajstić information content (AvgIpc) is 2.78. The fourth-order valence-electron chi connectivity index (χ4n) is 1.51. The Balaban J connectivity index is 1.89. The first-order chi connectivity index (χ1) is 7.66. The van der Waals surface area contributed by atoms with Crippen LogP contribution in [0.3, 0.4) is 0 Å². The van der Waals surface area contributed by atoms with E-state index in [1.165, 1.54) is 0 Å². The third kappa shape index (κ3) is 2.46. The Labute approximate surface area is 98.6 Å². The fourth-order valence-corrected chi connectivity index (χ4v) is 1.67. The predicted molar refractivity (Wildman–Crippen MR) is 60.2 cm³/mol. The summed E-state index contributed by atoms with van der Waals surface area (Å²) in [6, 6.07) is 3.58. The Morgan fingerprint density at radius 2 is 2.12 bits per heavy atom. The number of rotatable bonds is 4. The number of nitrogens with zero attached hydrogens (tertiary/aromatic N) is 1. The SMILES string of the molecule is Cc1noc(C)c1CNCc1ccc(Cl)o1. The van der Waals surface area contributed by atoms with Crippen LogP contribution in [0.1, 0.15) is 22.8 Å². The van der Waals surface area contributed by atoms with Crippen molar-refractivity contribution in [3.8, 4) is 0 Å². The first-order valence-electron chi connectivity index (χ1n) is 5.03. The second-order valence-electron chi connectivity index (χ2n) is 3.61. The molecular formula is C11H13ClN2O2. The zero-order chi connectivity index (χ0) is 11.5. The number of hydrogen-bond acceptors (Lipinski definition) is 4. The van der Waals surface area contributed by atoms with E-state index >= 15 is 0 Å². The van der Waals surface area contributed by atoms with Crippen LogP contribution < -0.4 is 5.32 Å². The molecule has 0 aliphatic heterocycles. The summed E-state index contributed by atoms with van der Waals surface area (Å²) in [5.41, 5.74) is 2.01. The summed E-state index contributed by atoms with van der Waals surface area (Å²) in [5, 5.41) is 7.54. The van der Waals surface area contributed by atoms with E-state index in [1.807, 2.05) is 19.9 Å². The van der Waals surface area contributed by atoms with Crippen molar-refractivity contribution in [2.24, 2.45) is 0 Å². The van der Waals surface area contributed by atoms with Crippen LogP contribution in [-0.4, -0.2) is 5.16 Å². The van der Waals surface area contributed by atoms with Gasteiger partial charge >= 0.3 is 0 Å². The van der Waals surface area contributed by atoms with Crippen LogP contribution in [0.2, 0.25) is 5.22 Å². The molecule has 0 aromatic carbocycles. The molecule has 2 aromatic rings. The van der Waals surface area contributed by atoms with E-state index in [2.05, 4.69) is 10.5 Å². The average molecular weight is 241 g/mol. The van der Waals surface area contributed by atoms with Crippen molar-refractivity contribution in [1.29, 1.82) is 0 Å². The molecule has 0 spiro atoms. The molecule has 86 valence electrons. The minimum Gasteiger partial charge on any atom is -0.448 e. The van der Waals surface area contributed by atoms with E-state index in [4.69, 9.17) is 20.5 Å². The van der Waals surface area contributed by atoms with Crippen molar-refractivity contribution < 1.29 is 8.94 Å². The van der Waals surface area contributed by atoms with Gasteiger partial charge in [-0.1, -0.05) is 5.16 Å². The maximum Gasteiger partial charge on any atom is 0.193 e. The number of halogens is 1. The number of aryl methyl sites for hydroxylation is 2. The molecular weight excluding hydrogens is 228 g/mol. The van der Waals surface area contributed by atoms with E-state index in [-0.39, 0.29) is 0 Å². The molecule has 16 heavy (non-hydrogen) atoms. The second kappa shape index (κ2) is 4.72. The zero-order valence-corrected chi connectivity index (χ0v) is 9.97. The minimum absolute atomic E-state index is 0.411. The lowest BCUT2D eigenvalue weighted by Crippen LogP contribution is -2.13. The van der Waals surface area contributed by atoms with E-state index in [1.54, 1.807) is 6.07 Å². The van der Waals surface area contributed by atoms with Gasteiger partial charge in [0.25, 0.3) is 0 Å². The maximum atomic E-state index is 5.67. The largest absolute Gasteiger partial charge is 0.448 e. The topological polar surface area (TPSA) is 51.2 Å². The molecule has 0 aliphatic carbocycles. The summed E-state index contributed by atoms with van der Waals surface area (Å²) in [5.74, 6) is 1.67. The summed E-state index contributed by atoms with van der Waals surface area (Å²) in [7, 11) is 0. The molecule has 0 radical (unpaired) electrons. The first kappa shape index (κ1) is 11.2. The van der Waals surface area contributed by atoms with Gasteiger partial charge in [-0.25, -0.2) is 0 Å². The Morgan fingerprint density at radius 3 is 2.69 bits per heavy atom. The van der Waals surface area contributed by atoms with Gasteiger partial charge < -0.3 is 14.3 Å². The summed E-state index contributed by atoms with van der Waals surface area (Å²) < 4.78 is 10.3. The molecule has 0 saturated heterocycles. The molecule has 0 aliphatic rings. The Kier molecular flexibility index (Phi) is 3.31. The van der Waals surface area contributed by atoms with Gasteiger partial charge in [0, 0.05) is 12.1 Å². The highest BCUT2D eigenvalue weighted by Crippen LogP contribution is 2.14. The quantitative estimate of drug-likeness (QED) is 0.893. The highest BCUT2D eigenvalue weighted by molar-refractivity contribution is 6.28. The monoisotopic (exact) mass is 240 g/mol. The molecule has 1 N–H and O–H groups in total. The van der Waals surface area contributed by atoms with E-state index < -0.39 is 0 Å². The summed E-state index contributed by atoms with van der Waals surface area (Å²) >= 11 is 5.67. The van der Waals surface area contributed by atoms with Crippen molar-refractivity contribution in [1.82, 2.24) is 10.5 Å². The van der Waals surface area contributed by atoms with Crippen LogP contribution in [0.5, 0.6) is 0 Å². The van der Waals surface area contributed by atoms with Crippen molar-refractivity contribution in [3.05, 3.63) is 40.1 Å². The normalized spacial score (nSPS) is 10.9. The highest BCUT2D eigenvalue weighted by Gasteiger charge is 2.08. The minimum atomic E-state index is 0.411. The van der Waals surface area contributed by atoms with Crippen molar-refractivity contribution in [2.45, 2.75) is 26.9 Å². The van der Waals surface area contributed by atoms with Gasteiger partial charge in [-0.15, -0.1) is 0 Å². The molecule has 0 bridgehead atoms. The van der Waals surface area contributed by atoms with E-state index in [0.29, 0.717) is 18.3 Å². The summed E-state index contributed by atoms with van der Waals surface area (Å²) in [4.78, 5) is 0. The number of aromatic nitrogens is 1. The lowest BCUT2D eigenvalue weighted by molar-refractivity contribution is 0.391. The Bertz CT molecular complexity index is 457. The van der Waals surface area contributed by atoms with Gasteiger partial charge in [0.1, 0.15) is 11.5 Å². The highest BCUT2D eigenvalue weighted by atomic mass is 35.5. The molecule has 0 amide bonds. The Morgan fingerprint density at radius 1 is 1.31 bits per heavy atom. The molecule has 0 atom stereocenters. The van der Waals surface area contributed by atoms with Gasteiger partial charge in [-0.2, -0.15) is 0 Å². The lowest BCUT2D eigenvalue weighted by Gasteiger charge is -2.01. The third-order valence-electron chi connectivity index (χ3n) is 2.41. The lowest BCUT2D eigenvalue weighted by atomic mass is 10.2. The molecule has 0 saturated carbocycles. The molecule has 5 heteroatoms. The van der Waals surface area contributed by atoms with E-state index in [0.717, 1.165) is 22.8 Å². The predicted octanol–water partition coefficient (Wildman–Crippen LogP) is 2.83. The van der Waals surface area contributed by atoms with Crippen LogP contribution in [0, 0.1) is 13.8 Å². The van der Waals surface area contributed by atoms with Crippen molar-refractivity contribution in [2.75, 3.05) is 0 Å². The molecule has 2 heterocycles. The van der Waals surface area contributed by atoms with Gasteiger partial charge in [0.2, 0.25) is 0 Å². The van der Waals surface area contributed by atoms with Gasteiger partial charge in [0.15, 0.2) is 5.22 Å². The number of hydrogen-bond donors (Lipinski definition) is 1. The molecule has 2 aromatic heterocycles. The van der Waals surface area contributed by atoms with Crippen LogP contribution in [-0.2, 0) is 13.1 Å². The van der Waals surface area contributed by atoms with Gasteiger partial charge in [0.05, 0.1) is 12.2 Å². The van der Waals surface area contributed by atoms with Gasteiger partial charge in [-0.3, -0.25) is 0 Å². The summed E-state index contributed by atoms with van der Waals surface area (Å²) in [6.45, 7) is 5.17. The van der Waals surface area contributed by atoms with E-state index in [9.17, 15) is 0 Å². The zero-order valence-electron chi connectivity index (χ0n) is 9.21. The molecule has 2 rings (SSSR count). The molecule has 0 fully saturated rings. The first-order valence-corrected chi connectivity index (χ1v) is 5.41. The standard InChI is InChI=1S/C11H13ClN2O2/c1-7-10(8(2)16-14-7)6-13-5-9-3-4-11(12)15-9/h3-4,13H,5-6H2,1-2H3. The van der Waals surface area contributed by atoms with Crippen LogP contribution in [0.15, 0.2) is 21.1 Å². The van der Waals surface area contributed by atoms with Crippen molar-refractivity contribution >= 4 is 11.6 Å². The van der Waals surface area contributed by atoms with Crippen LogP contribution in [0.25, 0.3) is 0 Å². The third-order valence-corrected chi connectivity index (χ3v) is 2.61. The number of nitrogens with one attached hydrogen (secondary N) is 1. The summed E-state index contributed by atoms with van der Waals surface area (Å²) in [6.07, 6.45) is 0. The van der Waals surface area contributed by atoms with Crippen LogP contribution >= 0.6 is 11.6 Å². The number of furan rings is 1. The maximum absolute atomic E-state index is 5.67. The second-order valence-corrected chi connectivity index (χ2v) is 3.98. The fraction of sp³-hybridized carbons (Fsp3) is 0.364.